The second kappa shape index (κ2) is 5.02. The Labute approximate surface area is 109 Å². The number of nitrogens with one attached hydrogen (secondary N) is 1. The van der Waals surface area contributed by atoms with E-state index in [9.17, 15) is 5.11 Å². The molecule has 0 radical (unpaired) electrons. The molecule has 1 aromatic rings. The van der Waals surface area contributed by atoms with Crippen LogP contribution in [0.3, 0.4) is 0 Å². The summed E-state index contributed by atoms with van der Waals surface area (Å²) in [5.41, 5.74) is 1.59. The SMILES string of the molecule is OC[C@]12CCCC[C@H]1C(Cc1ccccc1)NC2. The molecule has 1 unspecified atom stereocenters. The zero-order valence-corrected chi connectivity index (χ0v) is 10.9. The summed E-state index contributed by atoms with van der Waals surface area (Å²) in [6.45, 7) is 1.36. The molecular formula is C16H23NO. The Morgan fingerprint density at radius 1 is 1.22 bits per heavy atom. The molecule has 3 atom stereocenters. The highest BCUT2D eigenvalue weighted by molar-refractivity contribution is 5.18. The third kappa shape index (κ3) is 2.08. The normalized spacial score (nSPS) is 35.4. The van der Waals surface area contributed by atoms with Crippen molar-refractivity contribution < 1.29 is 5.11 Å². The standard InChI is InChI=1S/C16H23NO/c18-12-16-9-5-4-8-14(16)15(17-11-16)10-13-6-2-1-3-7-13/h1-3,6-7,14-15,17-18H,4-5,8-12H2/t14-,15?,16+/m0/s1. The molecule has 2 aliphatic rings. The average Bonchev–Trinajstić information content (AvgIpc) is 2.80. The van der Waals surface area contributed by atoms with E-state index in [1.165, 1.54) is 31.2 Å². The van der Waals surface area contributed by atoms with Crippen molar-refractivity contribution in [2.45, 2.75) is 38.1 Å². The fourth-order valence-corrected chi connectivity index (χ4v) is 3.99. The molecule has 1 saturated carbocycles. The van der Waals surface area contributed by atoms with E-state index < -0.39 is 0 Å². The van der Waals surface area contributed by atoms with Crippen LogP contribution in [-0.2, 0) is 6.42 Å². The summed E-state index contributed by atoms with van der Waals surface area (Å²) in [7, 11) is 0. The first-order chi connectivity index (χ1) is 8.84. The highest BCUT2D eigenvalue weighted by atomic mass is 16.3. The van der Waals surface area contributed by atoms with Crippen LogP contribution in [0, 0.1) is 11.3 Å². The van der Waals surface area contributed by atoms with Gasteiger partial charge >= 0.3 is 0 Å². The van der Waals surface area contributed by atoms with E-state index in [-0.39, 0.29) is 5.41 Å². The van der Waals surface area contributed by atoms with Crippen LogP contribution >= 0.6 is 0 Å². The Morgan fingerprint density at radius 2 is 2.06 bits per heavy atom. The van der Waals surface area contributed by atoms with Gasteiger partial charge in [-0.1, -0.05) is 43.2 Å². The van der Waals surface area contributed by atoms with Gasteiger partial charge in [-0.15, -0.1) is 0 Å². The summed E-state index contributed by atoms with van der Waals surface area (Å²) in [4.78, 5) is 0. The molecule has 1 aliphatic heterocycles. The predicted octanol–water partition coefficient (Wildman–Crippen LogP) is 2.37. The number of benzene rings is 1. The molecule has 2 fully saturated rings. The molecule has 1 saturated heterocycles. The largest absolute Gasteiger partial charge is 0.396 e. The van der Waals surface area contributed by atoms with Crippen molar-refractivity contribution in [1.82, 2.24) is 5.32 Å². The molecule has 0 amide bonds. The van der Waals surface area contributed by atoms with Crippen molar-refractivity contribution in [3.63, 3.8) is 0 Å². The minimum atomic E-state index is 0.178. The Hall–Kier alpha value is -0.860. The molecule has 2 heteroatoms. The van der Waals surface area contributed by atoms with Gasteiger partial charge in [-0.2, -0.15) is 0 Å². The van der Waals surface area contributed by atoms with Gasteiger partial charge in [-0.05, 0) is 30.7 Å². The number of hydrogen-bond donors (Lipinski definition) is 2. The van der Waals surface area contributed by atoms with Crippen LogP contribution in [0.4, 0.5) is 0 Å². The maximum absolute atomic E-state index is 9.80. The fourth-order valence-electron chi connectivity index (χ4n) is 3.99. The Balaban J connectivity index is 1.74. The van der Waals surface area contributed by atoms with Gasteiger partial charge in [0.15, 0.2) is 0 Å². The number of fused-ring (bicyclic) bond motifs is 1. The number of aliphatic hydroxyl groups is 1. The summed E-state index contributed by atoms with van der Waals surface area (Å²) in [6.07, 6.45) is 6.21. The van der Waals surface area contributed by atoms with E-state index in [0.717, 1.165) is 13.0 Å². The van der Waals surface area contributed by atoms with E-state index in [1.807, 2.05) is 0 Å². The number of rotatable bonds is 3. The lowest BCUT2D eigenvalue weighted by Crippen LogP contribution is -2.39. The lowest BCUT2D eigenvalue weighted by Gasteiger charge is -2.39. The van der Waals surface area contributed by atoms with Crippen LogP contribution in [0.1, 0.15) is 31.2 Å². The first-order valence-electron chi connectivity index (χ1n) is 7.22. The quantitative estimate of drug-likeness (QED) is 0.857. The summed E-state index contributed by atoms with van der Waals surface area (Å²) < 4.78 is 0. The van der Waals surface area contributed by atoms with E-state index in [1.54, 1.807) is 0 Å². The minimum absolute atomic E-state index is 0.178. The minimum Gasteiger partial charge on any atom is -0.396 e. The zero-order chi connectivity index (χ0) is 12.4. The Morgan fingerprint density at radius 3 is 2.83 bits per heavy atom. The van der Waals surface area contributed by atoms with E-state index in [4.69, 9.17) is 0 Å². The number of aliphatic hydroxyl groups excluding tert-OH is 1. The third-order valence-corrected chi connectivity index (χ3v) is 5.04. The van der Waals surface area contributed by atoms with E-state index in [2.05, 4.69) is 35.6 Å². The van der Waals surface area contributed by atoms with Crippen molar-refractivity contribution >= 4 is 0 Å². The molecule has 18 heavy (non-hydrogen) atoms. The summed E-state index contributed by atoms with van der Waals surface area (Å²) >= 11 is 0. The van der Waals surface area contributed by atoms with Crippen molar-refractivity contribution in [2.24, 2.45) is 11.3 Å². The Kier molecular flexibility index (Phi) is 3.40. The Bertz CT molecular complexity index is 391. The topological polar surface area (TPSA) is 32.3 Å². The first kappa shape index (κ1) is 12.2. The van der Waals surface area contributed by atoms with Crippen LogP contribution in [0.2, 0.25) is 0 Å². The van der Waals surface area contributed by atoms with Gasteiger partial charge in [0.05, 0.1) is 6.61 Å². The van der Waals surface area contributed by atoms with Crippen LogP contribution in [0.15, 0.2) is 30.3 Å². The third-order valence-electron chi connectivity index (χ3n) is 5.04. The second-order valence-electron chi connectivity index (χ2n) is 6.05. The maximum Gasteiger partial charge on any atom is 0.0502 e. The van der Waals surface area contributed by atoms with Crippen LogP contribution in [0.5, 0.6) is 0 Å². The summed E-state index contributed by atoms with van der Waals surface area (Å²) in [5.74, 6) is 0.663. The average molecular weight is 245 g/mol. The highest BCUT2D eigenvalue weighted by Gasteiger charge is 2.48. The molecule has 2 nitrogen and oxygen atoms in total. The van der Waals surface area contributed by atoms with Crippen LogP contribution in [-0.4, -0.2) is 24.3 Å². The molecule has 1 aromatic carbocycles. The van der Waals surface area contributed by atoms with Crippen molar-refractivity contribution in [2.75, 3.05) is 13.2 Å². The van der Waals surface area contributed by atoms with Gasteiger partial charge in [-0.3, -0.25) is 0 Å². The van der Waals surface area contributed by atoms with Gasteiger partial charge in [0.2, 0.25) is 0 Å². The molecule has 98 valence electrons. The molecule has 0 bridgehead atoms. The summed E-state index contributed by atoms with van der Waals surface area (Å²) in [5, 5.41) is 13.5. The van der Waals surface area contributed by atoms with Gasteiger partial charge < -0.3 is 10.4 Å². The molecule has 0 spiro atoms. The fraction of sp³-hybridized carbons (Fsp3) is 0.625. The smallest absolute Gasteiger partial charge is 0.0502 e. The predicted molar refractivity (Wildman–Crippen MR) is 73.4 cm³/mol. The van der Waals surface area contributed by atoms with E-state index >= 15 is 0 Å². The number of hydrogen-bond acceptors (Lipinski definition) is 2. The van der Waals surface area contributed by atoms with Gasteiger partial charge in [0, 0.05) is 18.0 Å². The monoisotopic (exact) mass is 245 g/mol. The zero-order valence-electron chi connectivity index (χ0n) is 10.9. The first-order valence-corrected chi connectivity index (χ1v) is 7.22. The molecular weight excluding hydrogens is 222 g/mol. The van der Waals surface area contributed by atoms with Crippen LogP contribution < -0.4 is 5.32 Å². The lowest BCUT2D eigenvalue weighted by molar-refractivity contribution is 0.0528. The highest BCUT2D eigenvalue weighted by Crippen LogP contribution is 2.46. The molecule has 2 N–H and O–H groups in total. The molecule has 1 heterocycles. The van der Waals surface area contributed by atoms with Crippen LogP contribution in [0.25, 0.3) is 0 Å². The molecule has 3 rings (SSSR count). The van der Waals surface area contributed by atoms with Crippen molar-refractivity contribution in [3.05, 3.63) is 35.9 Å². The summed E-state index contributed by atoms with van der Waals surface area (Å²) in [6, 6.07) is 11.3. The molecule has 1 aliphatic carbocycles. The maximum atomic E-state index is 9.80. The van der Waals surface area contributed by atoms with Crippen molar-refractivity contribution in [1.29, 1.82) is 0 Å². The molecule has 0 aromatic heterocycles. The van der Waals surface area contributed by atoms with Gasteiger partial charge in [0.1, 0.15) is 0 Å². The van der Waals surface area contributed by atoms with Crippen molar-refractivity contribution in [3.8, 4) is 0 Å². The van der Waals surface area contributed by atoms with E-state index in [0.29, 0.717) is 18.6 Å². The van der Waals surface area contributed by atoms with Gasteiger partial charge in [-0.25, -0.2) is 0 Å². The lowest BCUT2D eigenvalue weighted by atomic mass is 9.66. The second-order valence-corrected chi connectivity index (χ2v) is 6.05. The van der Waals surface area contributed by atoms with Gasteiger partial charge in [0.25, 0.3) is 0 Å².